The Morgan fingerprint density at radius 1 is 1.25 bits per heavy atom. The molecule has 2 aliphatic rings. The highest BCUT2D eigenvalue weighted by Crippen LogP contribution is 2.22. The van der Waals surface area contributed by atoms with Crippen molar-refractivity contribution < 1.29 is 4.74 Å². The molecule has 0 aromatic heterocycles. The summed E-state index contributed by atoms with van der Waals surface area (Å²) >= 11 is 0. The van der Waals surface area contributed by atoms with Crippen molar-refractivity contribution in [3.63, 3.8) is 0 Å². The van der Waals surface area contributed by atoms with Gasteiger partial charge < -0.3 is 10.1 Å². The lowest BCUT2D eigenvalue weighted by atomic mass is 9.97. The fraction of sp³-hybridized carbons (Fsp3) is 1.00. The molecule has 0 aromatic rings. The zero-order chi connectivity index (χ0) is 11.6. The van der Waals surface area contributed by atoms with Crippen molar-refractivity contribution in [3.05, 3.63) is 0 Å². The summed E-state index contributed by atoms with van der Waals surface area (Å²) in [5.41, 5.74) is 0.113. The number of ether oxygens (including phenoxy) is 1. The van der Waals surface area contributed by atoms with Gasteiger partial charge in [0, 0.05) is 31.7 Å². The molecule has 0 radical (unpaired) electrons. The quantitative estimate of drug-likeness (QED) is 0.788. The topological polar surface area (TPSA) is 24.5 Å². The minimum absolute atomic E-state index is 0.113. The van der Waals surface area contributed by atoms with Gasteiger partial charge in [-0.05, 0) is 33.6 Å². The summed E-state index contributed by atoms with van der Waals surface area (Å²) in [6.07, 6.45) is 4.09. The van der Waals surface area contributed by atoms with Crippen LogP contribution in [0.25, 0.3) is 0 Å². The normalized spacial score (nSPS) is 34.7. The van der Waals surface area contributed by atoms with Gasteiger partial charge in [0.1, 0.15) is 0 Å². The Bertz CT molecular complexity index is 218. The van der Waals surface area contributed by atoms with Crippen LogP contribution in [-0.4, -0.2) is 48.8 Å². The molecule has 2 aliphatic heterocycles. The van der Waals surface area contributed by atoms with E-state index in [-0.39, 0.29) is 5.60 Å². The maximum absolute atomic E-state index is 5.96. The van der Waals surface area contributed by atoms with Crippen molar-refractivity contribution in [2.75, 3.05) is 26.2 Å². The van der Waals surface area contributed by atoms with E-state index in [4.69, 9.17) is 4.74 Å². The van der Waals surface area contributed by atoms with E-state index in [0.29, 0.717) is 0 Å². The van der Waals surface area contributed by atoms with Crippen LogP contribution in [0, 0.1) is 0 Å². The summed E-state index contributed by atoms with van der Waals surface area (Å²) in [5.74, 6) is 0. The van der Waals surface area contributed by atoms with Gasteiger partial charge in [0.05, 0.1) is 12.2 Å². The fourth-order valence-corrected chi connectivity index (χ4v) is 2.89. The molecule has 2 heterocycles. The van der Waals surface area contributed by atoms with E-state index in [1.807, 2.05) is 0 Å². The van der Waals surface area contributed by atoms with E-state index in [9.17, 15) is 0 Å². The Balaban J connectivity index is 1.71. The second-order valence-electron chi connectivity index (χ2n) is 5.77. The summed E-state index contributed by atoms with van der Waals surface area (Å²) in [4.78, 5) is 2.61. The van der Waals surface area contributed by atoms with Gasteiger partial charge in [0.25, 0.3) is 0 Å². The molecule has 2 fully saturated rings. The molecule has 1 N–H and O–H groups in total. The van der Waals surface area contributed by atoms with E-state index < -0.39 is 0 Å². The van der Waals surface area contributed by atoms with Crippen molar-refractivity contribution in [2.45, 2.75) is 57.7 Å². The lowest BCUT2D eigenvalue weighted by Gasteiger charge is -2.42. The van der Waals surface area contributed by atoms with Crippen molar-refractivity contribution in [3.8, 4) is 0 Å². The Morgan fingerprint density at radius 3 is 2.38 bits per heavy atom. The summed E-state index contributed by atoms with van der Waals surface area (Å²) in [5, 5.41) is 3.27. The van der Waals surface area contributed by atoms with Gasteiger partial charge in [-0.3, -0.25) is 4.90 Å². The molecule has 2 rings (SSSR count). The Morgan fingerprint density at radius 2 is 1.88 bits per heavy atom. The van der Waals surface area contributed by atoms with Crippen molar-refractivity contribution in [2.24, 2.45) is 0 Å². The lowest BCUT2D eigenvalue weighted by molar-refractivity contribution is -0.0788. The molecule has 16 heavy (non-hydrogen) atoms. The van der Waals surface area contributed by atoms with Crippen LogP contribution in [0.2, 0.25) is 0 Å². The first kappa shape index (κ1) is 12.3. The number of likely N-dealkylation sites (tertiary alicyclic amines) is 1. The molecule has 0 bridgehead atoms. The highest BCUT2D eigenvalue weighted by molar-refractivity contribution is 4.90. The minimum Gasteiger partial charge on any atom is -0.371 e. The molecule has 0 aliphatic carbocycles. The van der Waals surface area contributed by atoms with E-state index in [0.717, 1.165) is 38.3 Å². The van der Waals surface area contributed by atoms with Gasteiger partial charge in [0.15, 0.2) is 0 Å². The monoisotopic (exact) mass is 226 g/mol. The largest absolute Gasteiger partial charge is 0.371 e. The number of rotatable bonds is 4. The van der Waals surface area contributed by atoms with Gasteiger partial charge in [0.2, 0.25) is 0 Å². The lowest BCUT2D eigenvalue weighted by Crippen LogP contribution is -2.59. The summed E-state index contributed by atoms with van der Waals surface area (Å²) in [6, 6.07) is 1.47. The molecule has 0 aromatic carbocycles. The highest BCUT2D eigenvalue weighted by Gasteiger charge is 2.33. The van der Waals surface area contributed by atoms with Crippen LogP contribution in [0.5, 0.6) is 0 Å². The predicted molar refractivity (Wildman–Crippen MR) is 66.7 cm³/mol. The average molecular weight is 226 g/mol. The van der Waals surface area contributed by atoms with E-state index in [2.05, 4.69) is 31.0 Å². The minimum atomic E-state index is 0.113. The first-order valence-electron chi connectivity index (χ1n) is 6.71. The number of piperidine rings is 1. The van der Waals surface area contributed by atoms with Crippen LogP contribution in [0.4, 0.5) is 0 Å². The Labute approximate surface area is 99.5 Å². The van der Waals surface area contributed by atoms with Crippen molar-refractivity contribution in [1.29, 1.82) is 0 Å². The highest BCUT2D eigenvalue weighted by atomic mass is 16.5. The van der Waals surface area contributed by atoms with Crippen LogP contribution in [-0.2, 0) is 4.74 Å². The second-order valence-corrected chi connectivity index (χ2v) is 5.77. The summed E-state index contributed by atoms with van der Waals surface area (Å²) < 4.78 is 5.96. The predicted octanol–water partition coefficient (Wildman–Crippen LogP) is 1.63. The van der Waals surface area contributed by atoms with Gasteiger partial charge in [-0.1, -0.05) is 6.42 Å². The molecule has 0 amide bonds. The molecule has 3 nitrogen and oxygen atoms in total. The van der Waals surface area contributed by atoms with Crippen LogP contribution >= 0.6 is 0 Å². The van der Waals surface area contributed by atoms with E-state index in [1.165, 1.54) is 19.3 Å². The first-order chi connectivity index (χ1) is 7.61. The van der Waals surface area contributed by atoms with Gasteiger partial charge in [-0.2, -0.15) is 0 Å². The zero-order valence-corrected chi connectivity index (χ0v) is 11.0. The number of nitrogens with zero attached hydrogens (tertiary/aromatic N) is 1. The molecular weight excluding hydrogens is 200 g/mol. The fourth-order valence-electron chi connectivity index (χ4n) is 2.89. The third-order valence-corrected chi connectivity index (χ3v) is 4.17. The van der Waals surface area contributed by atoms with Crippen LogP contribution < -0.4 is 5.32 Å². The molecule has 2 atom stereocenters. The number of hydrogen-bond donors (Lipinski definition) is 1. The summed E-state index contributed by atoms with van der Waals surface area (Å²) in [7, 11) is 0. The molecule has 0 saturated carbocycles. The van der Waals surface area contributed by atoms with Gasteiger partial charge in [-0.25, -0.2) is 0 Å². The van der Waals surface area contributed by atoms with Crippen LogP contribution in [0.15, 0.2) is 0 Å². The second kappa shape index (κ2) is 5.03. The summed E-state index contributed by atoms with van der Waals surface area (Å²) in [6.45, 7) is 10.9. The van der Waals surface area contributed by atoms with Crippen molar-refractivity contribution >= 4 is 0 Å². The maximum Gasteiger partial charge on any atom is 0.0902 e. The van der Waals surface area contributed by atoms with Crippen LogP contribution in [0.1, 0.15) is 40.0 Å². The van der Waals surface area contributed by atoms with Gasteiger partial charge in [-0.15, -0.1) is 0 Å². The number of hydrogen-bond acceptors (Lipinski definition) is 3. The zero-order valence-electron chi connectivity index (χ0n) is 11.0. The molecule has 0 unspecified atom stereocenters. The van der Waals surface area contributed by atoms with Crippen molar-refractivity contribution in [1.82, 2.24) is 10.2 Å². The Hall–Kier alpha value is -0.120. The third kappa shape index (κ3) is 2.76. The van der Waals surface area contributed by atoms with Crippen LogP contribution in [0.3, 0.4) is 0 Å². The Kier molecular flexibility index (Phi) is 3.88. The SMILES string of the molecule is C[C@@H]1CCC[C@H](C)N1CCOC1(C)CNC1. The smallest absolute Gasteiger partial charge is 0.0902 e. The molecule has 0 spiro atoms. The average Bonchev–Trinajstić information content (AvgIpc) is 2.20. The molecule has 3 heteroatoms. The van der Waals surface area contributed by atoms with E-state index >= 15 is 0 Å². The first-order valence-corrected chi connectivity index (χ1v) is 6.71. The maximum atomic E-state index is 5.96. The third-order valence-electron chi connectivity index (χ3n) is 4.17. The molecule has 2 saturated heterocycles. The molecular formula is C13H26N2O. The standard InChI is InChI=1S/C13H26N2O/c1-11-5-4-6-12(2)15(11)7-8-16-13(3)9-14-10-13/h11-12,14H,4-10H2,1-3H3/t11-,12+. The van der Waals surface area contributed by atoms with Gasteiger partial charge >= 0.3 is 0 Å². The molecule has 94 valence electrons. The number of nitrogens with one attached hydrogen (secondary N) is 1. The van der Waals surface area contributed by atoms with E-state index in [1.54, 1.807) is 0 Å².